The minimum atomic E-state index is 0.781. The molecule has 166 valence electrons. The smallest absolute Gasteiger partial charge is 0.165 e. The summed E-state index contributed by atoms with van der Waals surface area (Å²) in [4.78, 5) is 5.09. The first-order chi connectivity index (χ1) is 15.9. The van der Waals surface area contributed by atoms with Crippen molar-refractivity contribution in [3.8, 4) is 11.1 Å². The molecule has 0 aliphatic heterocycles. The number of aromatic nitrogens is 4. The van der Waals surface area contributed by atoms with Crippen LogP contribution in [0.4, 0.5) is 0 Å². The van der Waals surface area contributed by atoms with Gasteiger partial charge in [-0.3, -0.25) is 0 Å². The van der Waals surface area contributed by atoms with Crippen LogP contribution in [-0.2, 0) is 13.0 Å². The van der Waals surface area contributed by atoms with Crippen molar-refractivity contribution in [3.05, 3.63) is 101 Å². The summed E-state index contributed by atoms with van der Waals surface area (Å²) in [5.74, 6) is 0. The maximum Gasteiger partial charge on any atom is 0.165 e. The summed E-state index contributed by atoms with van der Waals surface area (Å²) >= 11 is 0. The quantitative estimate of drug-likeness (QED) is 0.290. The van der Waals surface area contributed by atoms with Crippen LogP contribution in [0.15, 0.2) is 61.2 Å². The normalized spacial score (nSPS) is 11.5. The molecule has 4 nitrogen and oxygen atoms in total. The molecule has 2 aromatic carbocycles. The molecular weight excluding hydrogens is 404 g/mol. The molecule has 5 aromatic rings. The van der Waals surface area contributed by atoms with E-state index in [0.29, 0.717) is 0 Å². The SMILES string of the molecule is C=CCc1cc2c(C)nc3c(-c4c(C)cc(C)cc4C)c(C)nn3c2n1Cc1ccccc1. The van der Waals surface area contributed by atoms with Gasteiger partial charge in [-0.25, -0.2) is 4.98 Å². The lowest BCUT2D eigenvalue weighted by molar-refractivity contribution is 0.759. The lowest BCUT2D eigenvalue weighted by Crippen LogP contribution is -2.08. The molecule has 0 radical (unpaired) electrons. The summed E-state index contributed by atoms with van der Waals surface area (Å²) < 4.78 is 4.43. The molecule has 0 aliphatic carbocycles. The maximum absolute atomic E-state index is 5.09. The monoisotopic (exact) mass is 434 g/mol. The Morgan fingerprint density at radius 2 is 1.58 bits per heavy atom. The van der Waals surface area contributed by atoms with Crippen LogP contribution in [0.1, 0.15) is 39.3 Å². The Labute approximate surface area is 195 Å². The van der Waals surface area contributed by atoms with Crippen LogP contribution in [0.3, 0.4) is 0 Å². The summed E-state index contributed by atoms with van der Waals surface area (Å²) in [5, 5.41) is 6.19. The van der Waals surface area contributed by atoms with E-state index in [9.17, 15) is 0 Å². The fraction of sp³-hybridized carbons (Fsp3) is 0.241. The number of hydrogen-bond donors (Lipinski definition) is 0. The largest absolute Gasteiger partial charge is 0.325 e. The summed E-state index contributed by atoms with van der Waals surface area (Å²) in [6.07, 6.45) is 2.76. The van der Waals surface area contributed by atoms with E-state index >= 15 is 0 Å². The van der Waals surface area contributed by atoms with Crippen molar-refractivity contribution >= 4 is 16.7 Å². The molecule has 33 heavy (non-hydrogen) atoms. The zero-order valence-corrected chi connectivity index (χ0v) is 20.1. The molecule has 0 saturated heterocycles. The Balaban J connectivity index is 1.85. The molecule has 0 fully saturated rings. The fourth-order valence-corrected chi connectivity index (χ4v) is 5.20. The molecule has 0 saturated carbocycles. The van der Waals surface area contributed by atoms with E-state index in [4.69, 9.17) is 10.1 Å². The standard InChI is InChI=1S/C29H30N4/c1-7-11-24-16-25-21(5)30-28-27(26-19(3)14-18(2)15-20(26)4)22(6)31-33(28)29(25)32(24)17-23-12-9-8-10-13-23/h7-10,12-16H,1,11,17H2,2-6H3. The van der Waals surface area contributed by atoms with Gasteiger partial charge in [0, 0.05) is 24.0 Å². The number of allylic oxidation sites excluding steroid dienone is 1. The van der Waals surface area contributed by atoms with Gasteiger partial charge in [0.25, 0.3) is 0 Å². The number of nitrogens with zero attached hydrogens (tertiary/aromatic N) is 4. The first-order valence-corrected chi connectivity index (χ1v) is 11.5. The van der Waals surface area contributed by atoms with Crippen molar-refractivity contribution in [2.75, 3.05) is 0 Å². The van der Waals surface area contributed by atoms with Crippen LogP contribution >= 0.6 is 0 Å². The van der Waals surface area contributed by atoms with Crippen LogP contribution in [0.5, 0.6) is 0 Å². The molecule has 0 unspecified atom stereocenters. The second-order valence-corrected chi connectivity index (χ2v) is 9.10. The molecule has 3 aromatic heterocycles. The number of benzene rings is 2. The van der Waals surface area contributed by atoms with Crippen molar-refractivity contribution in [1.29, 1.82) is 0 Å². The summed E-state index contributed by atoms with van der Waals surface area (Å²) in [6, 6.07) is 17.3. The molecule has 0 bridgehead atoms. The highest BCUT2D eigenvalue weighted by molar-refractivity contribution is 5.90. The highest BCUT2D eigenvalue weighted by Crippen LogP contribution is 2.36. The van der Waals surface area contributed by atoms with E-state index in [-0.39, 0.29) is 0 Å². The van der Waals surface area contributed by atoms with E-state index < -0.39 is 0 Å². The Morgan fingerprint density at radius 3 is 2.24 bits per heavy atom. The predicted molar refractivity (Wildman–Crippen MR) is 137 cm³/mol. The van der Waals surface area contributed by atoms with Crippen LogP contribution < -0.4 is 0 Å². The van der Waals surface area contributed by atoms with Gasteiger partial charge in [-0.1, -0.05) is 54.1 Å². The average Bonchev–Trinajstić information content (AvgIpc) is 3.27. The van der Waals surface area contributed by atoms with E-state index in [1.807, 2.05) is 6.08 Å². The molecular formula is C29H30N4. The molecule has 0 amide bonds. The summed E-state index contributed by atoms with van der Waals surface area (Å²) in [7, 11) is 0. The fourth-order valence-electron chi connectivity index (χ4n) is 5.20. The Morgan fingerprint density at radius 1 is 0.879 bits per heavy atom. The second-order valence-electron chi connectivity index (χ2n) is 9.10. The minimum absolute atomic E-state index is 0.781. The van der Waals surface area contributed by atoms with Gasteiger partial charge in [0.1, 0.15) is 5.65 Å². The van der Waals surface area contributed by atoms with Crippen molar-refractivity contribution in [1.82, 2.24) is 19.2 Å². The molecule has 0 N–H and O–H groups in total. The third-order valence-electron chi connectivity index (χ3n) is 6.52. The van der Waals surface area contributed by atoms with E-state index in [2.05, 4.69) is 98.8 Å². The van der Waals surface area contributed by atoms with Crippen LogP contribution in [0.2, 0.25) is 0 Å². The van der Waals surface area contributed by atoms with Crippen LogP contribution in [0.25, 0.3) is 27.8 Å². The molecule has 0 atom stereocenters. The lowest BCUT2D eigenvalue weighted by atomic mass is 9.94. The molecule has 0 aliphatic rings. The van der Waals surface area contributed by atoms with Gasteiger partial charge >= 0.3 is 0 Å². The average molecular weight is 435 g/mol. The van der Waals surface area contributed by atoms with Crippen LogP contribution in [-0.4, -0.2) is 19.2 Å². The first kappa shape index (κ1) is 21.2. The van der Waals surface area contributed by atoms with E-state index in [0.717, 1.165) is 46.6 Å². The molecule has 5 rings (SSSR count). The van der Waals surface area contributed by atoms with Crippen molar-refractivity contribution < 1.29 is 0 Å². The highest BCUT2D eigenvalue weighted by atomic mass is 15.3. The van der Waals surface area contributed by atoms with Gasteiger partial charge in [0.15, 0.2) is 5.65 Å². The van der Waals surface area contributed by atoms with Gasteiger partial charge in [-0.2, -0.15) is 9.61 Å². The number of fused-ring (bicyclic) bond motifs is 3. The minimum Gasteiger partial charge on any atom is -0.325 e. The number of hydrogen-bond acceptors (Lipinski definition) is 2. The topological polar surface area (TPSA) is 35.1 Å². The Bertz CT molecular complexity index is 1490. The Hall–Kier alpha value is -3.66. The van der Waals surface area contributed by atoms with Gasteiger partial charge < -0.3 is 4.57 Å². The van der Waals surface area contributed by atoms with E-state index in [1.54, 1.807) is 0 Å². The van der Waals surface area contributed by atoms with Gasteiger partial charge in [-0.05, 0) is 62.9 Å². The highest BCUT2D eigenvalue weighted by Gasteiger charge is 2.22. The van der Waals surface area contributed by atoms with Crippen molar-refractivity contribution in [2.24, 2.45) is 0 Å². The molecule has 3 heterocycles. The Kier molecular flexibility index (Phi) is 5.16. The zero-order valence-electron chi connectivity index (χ0n) is 20.1. The maximum atomic E-state index is 5.09. The van der Waals surface area contributed by atoms with Crippen LogP contribution in [0, 0.1) is 34.6 Å². The number of rotatable bonds is 5. The summed E-state index contributed by atoms with van der Waals surface area (Å²) in [5.41, 5.74) is 12.7. The first-order valence-electron chi connectivity index (χ1n) is 11.5. The third-order valence-corrected chi connectivity index (χ3v) is 6.52. The lowest BCUT2D eigenvalue weighted by Gasteiger charge is -2.13. The van der Waals surface area contributed by atoms with Crippen molar-refractivity contribution in [3.63, 3.8) is 0 Å². The van der Waals surface area contributed by atoms with Crippen molar-refractivity contribution in [2.45, 2.75) is 47.6 Å². The van der Waals surface area contributed by atoms with E-state index in [1.165, 1.54) is 33.5 Å². The summed E-state index contributed by atoms with van der Waals surface area (Å²) in [6.45, 7) is 15.5. The number of aryl methyl sites for hydroxylation is 5. The van der Waals surface area contributed by atoms with Gasteiger partial charge in [0.2, 0.25) is 0 Å². The van der Waals surface area contributed by atoms with Gasteiger partial charge in [0.05, 0.1) is 17.0 Å². The molecule has 4 heteroatoms. The third kappa shape index (κ3) is 3.46. The molecule has 0 spiro atoms. The predicted octanol–water partition coefficient (Wildman–Crippen LogP) is 6.67. The van der Waals surface area contributed by atoms with Gasteiger partial charge in [-0.15, -0.1) is 6.58 Å². The zero-order chi connectivity index (χ0) is 23.3. The second kappa shape index (κ2) is 8.04.